The first-order valence-electron chi connectivity index (χ1n) is 6.53. The van der Waals surface area contributed by atoms with Crippen molar-refractivity contribution >= 4 is 5.97 Å². The van der Waals surface area contributed by atoms with Gasteiger partial charge in [-0.15, -0.1) is 0 Å². The van der Waals surface area contributed by atoms with Gasteiger partial charge in [0.25, 0.3) is 5.60 Å². The van der Waals surface area contributed by atoms with Gasteiger partial charge < -0.3 is 9.84 Å². The van der Waals surface area contributed by atoms with E-state index in [1.165, 1.54) is 13.8 Å². The molecule has 132 valence electrons. The minimum absolute atomic E-state index is 0.240. The molecule has 9 heteroatoms. The quantitative estimate of drug-likeness (QED) is 0.612. The number of halogens is 6. The Kier molecular flexibility index (Phi) is 5.97. The molecule has 0 rings (SSSR count). The first kappa shape index (κ1) is 21.0. The lowest BCUT2D eigenvalue weighted by Crippen LogP contribution is -2.58. The molecule has 0 amide bonds. The average molecular weight is 338 g/mol. The van der Waals surface area contributed by atoms with Crippen LogP contribution in [0.5, 0.6) is 0 Å². The van der Waals surface area contributed by atoms with Gasteiger partial charge in [0, 0.05) is 6.42 Å². The highest BCUT2D eigenvalue weighted by atomic mass is 19.4. The Hall–Kier alpha value is -0.990. The summed E-state index contributed by atoms with van der Waals surface area (Å²) in [4.78, 5) is 11.8. The third-order valence-electron chi connectivity index (χ3n) is 3.80. The number of ether oxygens (including phenoxy) is 1. The van der Waals surface area contributed by atoms with Crippen molar-refractivity contribution < 1.29 is 41.0 Å². The fourth-order valence-corrected chi connectivity index (χ4v) is 1.42. The summed E-state index contributed by atoms with van der Waals surface area (Å²) in [6, 6.07) is 0. The normalized spacial score (nSPS) is 15.9. The van der Waals surface area contributed by atoms with Gasteiger partial charge in [0.15, 0.2) is 0 Å². The number of esters is 1. The summed E-state index contributed by atoms with van der Waals surface area (Å²) in [5.41, 5.74) is -6.01. The van der Waals surface area contributed by atoms with Crippen LogP contribution in [0.3, 0.4) is 0 Å². The Bertz CT molecular complexity index is 384. The Morgan fingerprint density at radius 1 is 1.00 bits per heavy atom. The minimum Gasteiger partial charge on any atom is -0.462 e. The predicted octanol–water partition coefficient (Wildman–Crippen LogP) is 3.85. The monoisotopic (exact) mass is 338 g/mol. The van der Waals surface area contributed by atoms with Crippen LogP contribution >= 0.6 is 0 Å². The zero-order valence-corrected chi connectivity index (χ0v) is 12.9. The molecule has 0 aliphatic rings. The van der Waals surface area contributed by atoms with Gasteiger partial charge in [0.2, 0.25) is 0 Å². The number of carbonyl (C=O) groups is 1. The lowest BCUT2D eigenvalue weighted by atomic mass is 9.81. The van der Waals surface area contributed by atoms with Crippen LogP contribution in [-0.2, 0) is 9.53 Å². The Labute approximate surface area is 124 Å². The van der Waals surface area contributed by atoms with Crippen molar-refractivity contribution in [3.63, 3.8) is 0 Å². The molecular formula is C13H20F6O3. The van der Waals surface area contributed by atoms with E-state index < -0.39 is 41.9 Å². The number of carbonyl (C=O) groups excluding carboxylic acids is 1. The third-order valence-corrected chi connectivity index (χ3v) is 3.80. The predicted molar refractivity (Wildman–Crippen MR) is 65.8 cm³/mol. The second-order valence-electron chi connectivity index (χ2n) is 6.15. The molecule has 1 N–H and O–H groups in total. The second kappa shape index (κ2) is 6.25. The van der Waals surface area contributed by atoms with Crippen molar-refractivity contribution in [3.05, 3.63) is 0 Å². The maximum atomic E-state index is 12.5. The van der Waals surface area contributed by atoms with Crippen molar-refractivity contribution in [2.75, 3.05) is 0 Å². The molecule has 22 heavy (non-hydrogen) atoms. The fourth-order valence-electron chi connectivity index (χ4n) is 1.42. The SMILES string of the molecule is CC(CC(O)(C(F)(F)F)C(F)(F)F)OC(=O)C(C)(C)C(C)C. The zero-order chi connectivity index (χ0) is 18.1. The van der Waals surface area contributed by atoms with E-state index in [2.05, 4.69) is 4.74 Å². The van der Waals surface area contributed by atoms with Crippen LogP contribution in [0.2, 0.25) is 0 Å². The molecule has 0 saturated carbocycles. The first-order valence-corrected chi connectivity index (χ1v) is 6.53. The molecule has 0 aromatic carbocycles. The lowest BCUT2D eigenvalue weighted by Gasteiger charge is -2.35. The molecule has 0 saturated heterocycles. The van der Waals surface area contributed by atoms with Crippen LogP contribution in [0.25, 0.3) is 0 Å². The highest BCUT2D eigenvalue weighted by molar-refractivity contribution is 5.76. The molecule has 0 aromatic rings. The Balaban J connectivity index is 5.18. The van der Waals surface area contributed by atoms with Gasteiger partial charge in [-0.25, -0.2) is 0 Å². The summed E-state index contributed by atoms with van der Waals surface area (Å²) in [5, 5.41) is 9.04. The Morgan fingerprint density at radius 3 is 1.64 bits per heavy atom. The van der Waals surface area contributed by atoms with E-state index in [0.717, 1.165) is 6.92 Å². The van der Waals surface area contributed by atoms with E-state index in [9.17, 15) is 31.1 Å². The molecule has 1 atom stereocenters. The zero-order valence-electron chi connectivity index (χ0n) is 12.9. The highest BCUT2D eigenvalue weighted by Crippen LogP contribution is 2.46. The standard InChI is InChI=1S/C13H20F6O3/c1-7(2)10(4,5)9(20)22-8(3)6-11(21,12(14,15)16)13(17,18)19/h7-8,21H,6H2,1-5H3. The smallest absolute Gasteiger partial charge is 0.426 e. The molecule has 0 bridgehead atoms. The molecule has 0 aromatic heterocycles. The molecule has 0 aliphatic carbocycles. The summed E-state index contributed by atoms with van der Waals surface area (Å²) in [6.45, 7) is 7.12. The van der Waals surface area contributed by atoms with Crippen LogP contribution in [-0.4, -0.2) is 35.1 Å². The van der Waals surface area contributed by atoms with E-state index in [1.54, 1.807) is 13.8 Å². The molecule has 1 unspecified atom stereocenters. The van der Waals surface area contributed by atoms with Gasteiger partial charge in [0.05, 0.1) is 5.41 Å². The molecule has 0 aliphatic heterocycles. The summed E-state index contributed by atoms with van der Waals surface area (Å²) in [7, 11) is 0. The van der Waals surface area contributed by atoms with E-state index in [-0.39, 0.29) is 5.92 Å². The fraction of sp³-hybridized carbons (Fsp3) is 0.923. The lowest BCUT2D eigenvalue weighted by molar-refractivity contribution is -0.373. The molecule has 0 heterocycles. The number of aliphatic hydroxyl groups is 1. The van der Waals surface area contributed by atoms with E-state index in [4.69, 9.17) is 5.11 Å². The van der Waals surface area contributed by atoms with Gasteiger partial charge in [0.1, 0.15) is 6.10 Å². The number of rotatable bonds is 5. The van der Waals surface area contributed by atoms with Crippen molar-refractivity contribution in [2.24, 2.45) is 11.3 Å². The third kappa shape index (κ3) is 4.27. The molecule has 3 nitrogen and oxygen atoms in total. The molecule has 0 radical (unpaired) electrons. The molecule has 0 spiro atoms. The van der Waals surface area contributed by atoms with Crippen LogP contribution in [0.4, 0.5) is 26.3 Å². The van der Waals surface area contributed by atoms with Crippen molar-refractivity contribution in [3.8, 4) is 0 Å². The van der Waals surface area contributed by atoms with E-state index >= 15 is 0 Å². The van der Waals surface area contributed by atoms with Crippen LogP contribution in [0, 0.1) is 11.3 Å². The largest absolute Gasteiger partial charge is 0.462 e. The van der Waals surface area contributed by atoms with Crippen molar-refractivity contribution in [1.29, 1.82) is 0 Å². The Morgan fingerprint density at radius 2 is 1.36 bits per heavy atom. The minimum atomic E-state index is -5.93. The number of hydrogen-bond acceptors (Lipinski definition) is 3. The highest BCUT2D eigenvalue weighted by Gasteiger charge is 2.70. The maximum Gasteiger partial charge on any atom is 0.426 e. The number of hydrogen-bond donors (Lipinski definition) is 1. The maximum absolute atomic E-state index is 12.5. The summed E-state index contributed by atoms with van der Waals surface area (Å²) >= 11 is 0. The molecular weight excluding hydrogens is 318 g/mol. The van der Waals surface area contributed by atoms with Gasteiger partial charge in [-0.3, -0.25) is 4.79 Å². The average Bonchev–Trinajstić information content (AvgIpc) is 2.24. The van der Waals surface area contributed by atoms with Crippen molar-refractivity contribution in [2.45, 2.75) is 65.1 Å². The summed E-state index contributed by atoms with van der Waals surface area (Å²) < 4.78 is 80.0. The van der Waals surface area contributed by atoms with Gasteiger partial charge >= 0.3 is 18.3 Å². The topological polar surface area (TPSA) is 46.5 Å². The van der Waals surface area contributed by atoms with Crippen LogP contribution in [0.15, 0.2) is 0 Å². The second-order valence-corrected chi connectivity index (χ2v) is 6.15. The summed E-state index contributed by atoms with van der Waals surface area (Å²) in [6.07, 6.45) is -15.4. The van der Waals surface area contributed by atoms with E-state index in [0.29, 0.717) is 0 Å². The first-order chi connectivity index (χ1) is 9.47. The van der Waals surface area contributed by atoms with Gasteiger partial charge in [-0.2, -0.15) is 26.3 Å². The molecule has 0 fully saturated rings. The van der Waals surface area contributed by atoms with E-state index in [1.807, 2.05) is 0 Å². The van der Waals surface area contributed by atoms with Gasteiger partial charge in [-0.05, 0) is 26.7 Å². The van der Waals surface area contributed by atoms with Crippen molar-refractivity contribution in [1.82, 2.24) is 0 Å². The van der Waals surface area contributed by atoms with Gasteiger partial charge in [-0.1, -0.05) is 13.8 Å². The summed E-state index contributed by atoms with van der Waals surface area (Å²) in [5.74, 6) is -1.17. The number of alkyl halides is 6. The van der Waals surface area contributed by atoms with Crippen LogP contribution in [0.1, 0.15) is 41.0 Å². The van der Waals surface area contributed by atoms with Crippen LogP contribution < -0.4 is 0 Å².